The Morgan fingerprint density at radius 3 is 2.00 bits per heavy atom. The van der Waals surface area contributed by atoms with E-state index in [0.717, 1.165) is 12.3 Å². The molecule has 0 nitrogen and oxygen atoms in total. The zero-order valence-corrected chi connectivity index (χ0v) is 12.4. The molecule has 0 fully saturated rings. The largest absolute Gasteiger partial charge is 0.100 e. The molecule has 0 aliphatic heterocycles. The molecule has 0 saturated heterocycles. The monoisotopic (exact) mass is 222 g/mol. The molecule has 0 aliphatic carbocycles. The van der Waals surface area contributed by atoms with E-state index in [1.807, 2.05) is 0 Å². The van der Waals surface area contributed by atoms with E-state index in [2.05, 4.69) is 61.1 Å². The average Bonchev–Trinajstić information content (AvgIpc) is 1.98. The van der Waals surface area contributed by atoms with Crippen LogP contribution in [-0.4, -0.2) is 0 Å². The van der Waals surface area contributed by atoms with Gasteiger partial charge in [0.2, 0.25) is 0 Å². The highest BCUT2D eigenvalue weighted by Gasteiger charge is 2.23. The van der Waals surface area contributed by atoms with Gasteiger partial charge in [-0.25, -0.2) is 0 Å². The molecule has 0 amide bonds. The second-order valence-electron chi connectivity index (χ2n) is 6.55. The summed E-state index contributed by atoms with van der Waals surface area (Å²) in [5, 5.41) is 0. The van der Waals surface area contributed by atoms with E-state index in [0.29, 0.717) is 5.92 Å². The first-order chi connectivity index (χ1) is 7.15. The van der Waals surface area contributed by atoms with Gasteiger partial charge in [0.1, 0.15) is 0 Å². The van der Waals surface area contributed by atoms with Gasteiger partial charge in [-0.05, 0) is 37.0 Å². The number of hydrogen-bond acceptors (Lipinski definition) is 0. The van der Waals surface area contributed by atoms with Gasteiger partial charge in [0.15, 0.2) is 0 Å². The summed E-state index contributed by atoms with van der Waals surface area (Å²) < 4.78 is 0. The van der Waals surface area contributed by atoms with Crippen molar-refractivity contribution in [1.29, 1.82) is 0 Å². The minimum atomic E-state index is 0.264. The first-order valence-corrected chi connectivity index (χ1v) is 6.50. The summed E-state index contributed by atoms with van der Waals surface area (Å²) in [5.41, 5.74) is 3.14. The van der Waals surface area contributed by atoms with Gasteiger partial charge < -0.3 is 0 Å². The van der Waals surface area contributed by atoms with Crippen molar-refractivity contribution in [2.75, 3.05) is 0 Å². The van der Waals surface area contributed by atoms with Crippen LogP contribution < -0.4 is 0 Å². The molecule has 16 heavy (non-hydrogen) atoms. The molecule has 0 N–H and O–H groups in total. The van der Waals surface area contributed by atoms with Crippen LogP contribution in [0.5, 0.6) is 0 Å². The molecule has 0 heterocycles. The van der Waals surface area contributed by atoms with E-state index in [1.165, 1.54) is 12.0 Å². The zero-order valence-electron chi connectivity index (χ0n) is 12.4. The maximum atomic E-state index is 4.05. The standard InChI is InChI=1S/C16H30/c1-12(2)9-15(10-13(3)4)16(7,8)11-14(5)6/h9,12-13H,5,10-11H2,1-4,6-8H3. The Morgan fingerprint density at radius 1 is 1.19 bits per heavy atom. The first kappa shape index (κ1) is 15.5. The molecule has 0 radical (unpaired) electrons. The molecule has 0 spiro atoms. The molecule has 0 bridgehead atoms. The van der Waals surface area contributed by atoms with E-state index in [-0.39, 0.29) is 5.41 Å². The summed E-state index contributed by atoms with van der Waals surface area (Å²) in [4.78, 5) is 0. The van der Waals surface area contributed by atoms with Crippen LogP contribution in [0.1, 0.15) is 61.3 Å². The van der Waals surface area contributed by atoms with Crippen molar-refractivity contribution in [3.63, 3.8) is 0 Å². The topological polar surface area (TPSA) is 0 Å². The highest BCUT2D eigenvalue weighted by molar-refractivity contribution is 5.17. The summed E-state index contributed by atoms with van der Waals surface area (Å²) in [6, 6.07) is 0. The van der Waals surface area contributed by atoms with Gasteiger partial charge in [-0.3, -0.25) is 0 Å². The Balaban J connectivity index is 4.93. The van der Waals surface area contributed by atoms with Crippen LogP contribution >= 0.6 is 0 Å². The molecule has 0 aromatic rings. The molecule has 0 saturated carbocycles. The molecule has 0 rings (SSSR count). The van der Waals surface area contributed by atoms with Crippen molar-refractivity contribution in [2.24, 2.45) is 17.3 Å². The van der Waals surface area contributed by atoms with Crippen molar-refractivity contribution in [1.82, 2.24) is 0 Å². The second-order valence-corrected chi connectivity index (χ2v) is 6.55. The van der Waals surface area contributed by atoms with Crippen LogP contribution in [0.15, 0.2) is 23.8 Å². The molecular formula is C16H30. The van der Waals surface area contributed by atoms with Gasteiger partial charge in [0, 0.05) is 0 Å². The summed E-state index contributed by atoms with van der Waals surface area (Å²) in [6.07, 6.45) is 4.75. The molecule has 0 atom stereocenters. The third kappa shape index (κ3) is 6.15. The van der Waals surface area contributed by atoms with Gasteiger partial charge in [-0.15, -0.1) is 6.58 Å². The normalized spacial score (nSPS) is 13.7. The fraction of sp³-hybridized carbons (Fsp3) is 0.750. The lowest BCUT2D eigenvalue weighted by atomic mass is 9.75. The van der Waals surface area contributed by atoms with Crippen LogP contribution in [0.4, 0.5) is 0 Å². The van der Waals surface area contributed by atoms with E-state index < -0.39 is 0 Å². The lowest BCUT2D eigenvalue weighted by Crippen LogP contribution is -2.17. The third-order valence-corrected chi connectivity index (χ3v) is 2.78. The maximum absolute atomic E-state index is 4.05. The fourth-order valence-electron chi connectivity index (χ4n) is 2.28. The summed E-state index contributed by atoms with van der Waals surface area (Å²) in [5.74, 6) is 1.37. The van der Waals surface area contributed by atoms with Gasteiger partial charge in [0.05, 0.1) is 0 Å². The predicted octanol–water partition coefficient (Wildman–Crippen LogP) is 5.61. The number of hydrogen-bond donors (Lipinski definition) is 0. The van der Waals surface area contributed by atoms with Gasteiger partial charge >= 0.3 is 0 Å². The van der Waals surface area contributed by atoms with E-state index in [4.69, 9.17) is 0 Å². The quantitative estimate of drug-likeness (QED) is 0.513. The molecule has 0 heteroatoms. The minimum absolute atomic E-state index is 0.264. The Bertz CT molecular complexity index is 251. The number of rotatable bonds is 6. The van der Waals surface area contributed by atoms with E-state index in [1.54, 1.807) is 5.57 Å². The van der Waals surface area contributed by atoms with E-state index >= 15 is 0 Å². The highest BCUT2D eigenvalue weighted by Crippen LogP contribution is 2.37. The van der Waals surface area contributed by atoms with Crippen LogP contribution in [0, 0.1) is 17.3 Å². The second kappa shape index (κ2) is 6.27. The summed E-state index contributed by atoms with van der Waals surface area (Å²) in [6.45, 7) is 20.0. The fourth-order valence-corrected chi connectivity index (χ4v) is 2.28. The molecule has 0 unspecified atom stereocenters. The predicted molar refractivity (Wildman–Crippen MR) is 75.6 cm³/mol. The van der Waals surface area contributed by atoms with Gasteiger partial charge in [0.25, 0.3) is 0 Å². The van der Waals surface area contributed by atoms with Gasteiger partial charge in [-0.2, -0.15) is 0 Å². The van der Waals surface area contributed by atoms with Crippen molar-refractivity contribution in [3.05, 3.63) is 23.8 Å². The van der Waals surface area contributed by atoms with E-state index in [9.17, 15) is 0 Å². The Kier molecular flexibility index (Phi) is 6.07. The molecule has 94 valence electrons. The molecule has 0 aromatic heterocycles. The van der Waals surface area contributed by atoms with Crippen molar-refractivity contribution >= 4 is 0 Å². The Labute approximate surface area is 103 Å². The summed E-state index contributed by atoms with van der Waals surface area (Å²) in [7, 11) is 0. The Morgan fingerprint density at radius 2 is 1.69 bits per heavy atom. The third-order valence-electron chi connectivity index (χ3n) is 2.78. The average molecular weight is 222 g/mol. The van der Waals surface area contributed by atoms with Crippen LogP contribution in [0.3, 0.4) is 0 Å². The van der Waals surface area contributed by atoms with Gasteiger partial charge in [-0.1, -0.05) is 58.8 Å². The number of allylic oxidation sites excluding steroid dienone is 3. The smallest absolute Gasteiger partial charge is 0.0108 e. The lowest BCUT2D eigenvalue weighted by Gasteiger charge is -2.30. The van der Waals surface area contributed by atoms with Crippen molar-refractivity contribution < 1.29 is 0 Å². The SMILES string of the molecule is C=C(C)CC(C)(C)C(=CC(C)C)CC(C)C. The van der Waals surface area contributed by atoms with Crippen LogP contribution in [0.25, 0.3) is 0 Å². The maximum Gasteiger partial charge on any atom is -0.0108 e. The highest BCUT2D eigenvalue weighted by atomic mass is 14.3. The summed E-state index contributed by atoms with van der Waals surface area (Å²) >= 11 is 0. The zero-order chi connectivity index (χ0) is 12.9. The first-order valence-electron chi connectivity index (χ1n) is 6.50. The lowest BCUT2D eigenvalue weighted by molar-refractivity contribution is 0.402. The van der Waals surface area contributed by atoms with Crippen LogP contribution in [0.2, 0.25) is 0 Å². The molecule has 0 aliphatic rings. The molecular weight excluding hydrogens is 192 g/mol. The minimum Gasteiger partial charge on any atom is -0.100 e. The van der Waals surface area contributed by atoms with Crippen molar-refractivity contribution in [2.45, 2.75) is 61.3 Å². The Hall–Kier alpha value is -0.520. The van der Waals surface area contributed by atoms with Crippen LogP contribution in [-0.2, 0) is 0 Å². The molecule has 0 aromatic carbocycles. The van der Waals surface area contributed by atoms with Crippen molar-refractivity contribution in [3.8, 4) is 0 Å².